The lowest BCUT2D eigenvalue weighted by molar-refractivity contribution is 0.139. The molecule has 2 rings (SSSR count). The van der Waals surface area contributed by atoms with Gasteiger partial charge in [0.1, 0.15) is 6.04 Å². The first-order chi connectivity index (χ1) is 6.51. The monoisotopic (exact) mass is 191 g/mol. The molecule has 0 aromatic carbocycles. The van der Waals surface area contributed by atoms with Gasteiger partial charge in [0.05, 0.1) is 0 Å². The van der Waals surface area contributed by atoms with Crippen LogP contribution in [0.1, 0.15) is 27.7 Å². The van der Waals surface area contributed by atoms with E-state index in [2.05, 4.69) is 44.0 Å². The molecule has 2 unspecified atom stereocenters. The average Bonchev–Trinajstić information content (AvgIpc) is 2.37. The molecule has 2 atom stereocenters. The fourth-order valence-corrected chi connectivity index (χ4v) is 1.95. The Balaban J connectivity index is 2.31. The van der Waals surface area contributed by atoms with E-state index in [1.54, 1.807) is 0 Å². The molecule has 0 N–H and O–H groups in total. The molecule has 0 radical (unpaired) electrons. The number of fused-ring (bicyclic) bond motifs is 1. The first kappa shape index (κ1) is 9.50. The van der Waals surface area contributed by atoms with E-state index in [0.29, 0.717) is 5.92 Å². The Morgan fingerprint density at radius 1 is 1.50 bits per heavy atom. The number of nitrogens with zero attached hydrogens (tertiary/aromatic N) is 1. The van der Waals surface area contributed by atoms with E-state index in [9.17, 15) is 0 Å². The zero-order valence-electron chi connectivity index (χ0n) is 9.24. The minimum Gasteiger partial charge on any atom is -0.468 e. The number of aliphatic imine (C=N–C) groups is 1. The van der Waals surface area contributed by atoms with Crippen molar-refractivity contribution < 1.29 is 4.74 Å². The predicted molar refractivity (Wildman–Crippen MR) is 58.4 cm³/mol. The van der Waals surface area contributed by atoms with Crippen LogP contribution in [0.3, 0.4) is 0 Å². The van der Waals surface area contributed by atoms with E-state index in [1.807, 2.05) is 6.92 Å². The van der Waals surface area contributed by atoms with Gasteiger partial charge >= 0.3 is 0 Å². The first-order valence-electron chi connectivity index (χ1n) is 5.15. The molecule has 0 bridgehead atoms. The average molecular weight is 191 g/mol. The molecule has 76 valence electrons. The number of hydrogen-bond donors (Lipinski definition) is 0. The summed E-state index contributed by atoms with van der Waals surface area (Å²) in [6, 6.07) is 0.171. The highest BCUT2D eigenvalue weighted by Gasteiger charge is 2.39. The minimum absolute atomic E-state index is 0.171. The van der Waals surface area contributed by atoms with E-state index < -0.39 is 0 Å². The molecule has 1 aliphatic carbocycles. The molecule has 2 aliphatic rings. The van der Waals surface area contributed by atoms with Crippen molar-refractivity contribution in [3.05, 3.63) is 23.8 Å². The Morgan fingerprint density at radius 3 is 2.86 bits per heavy atom. The van der Waals surface area contributed by atoms with Crippen molar-refractivity contribution in [2.45, 2.75) is 39.3 Å². The third-order valence-corrected chi connectivity index (χ3v) is 2.90. The van der Waals surface area contributed by atoms with Crippen LogP contribution in [-0.2, 0) is 4.74 Å². The second-order valence-corrected chi connectivity index (χ2v) is 4.53. The molecule has 1 heterocycles. The fraction of sp³-hybridized carbons (Fsp3) is 0.583. The third kappa shape index (κ3) is 1.39. The molecule has 0 fully saturated rings. The predicted octanol–water partition coefficient (Wildman–Crippen LogP) is 2.71. The van der Waals surface area contributed by atoms with E-state index >= 15 is 0 Å². The van der Waals surface area contributed by atoms with Gasteiger partial charge in [0.25, 0.3) is 0 Å². The highest BCUT2D eigenvalue weighted by atomic mass is 16.5. The molecule has 0 saturated carbocycles. The van der Waals surface area contributed by atoms with E-state index in [-0.39, 0.29) is 11.6 Å². The highest BCUT2D eigenvalue weighted by Crippen LogP contribution is 2.34. The molecular weight excluding hydrogens is 174 g/mol. The number of hydrogen-bond acceptors (Lipinski definition) is 2. The Morgan fingerprint density at radius 2 is 2.21 bits per heavy atom. The van der Waals surface area contributed by atoms with Crippen LogP contribution >= 0.6 is 0 Å². The topological polar surface area (TPSA) is 21.6 Å². The van der Waals surface area contributed by atoms with Crippen LogP contribution in [0.5, 0.6) is 0 Å². The summed E-state index contributed by atoms with van der Waals surface area (Å²) in [5.74, 6) is 1.36. The Bertz CT molecular complexity index is 338. The van der Waals surface area contributed by atoms with Crippen LogP contribution in [-0.4, -0.2) is 17.5 Å². The maximum atomic E-state index is 5.70. The van der Waals surface area contributed by atoms with Crippen molar-refractivity contribution in [3.8, 4) is 0 Å². The zero-order valence-corrected chi connectivity index (χ0v) is 9.24. The molecule has 2 nitrogen and oxygen atoms in total. The summed E-state index contributed by atoms with van der Waals surface area (Å²) in [7, 11) is 0. The Kier molecular flexibility index (Phi) is 2.02. The quantitative estimate of drug-likeness (QED) is 0.624. The van der Waals surface area contributed by atoms with Gasteiger partial charge in [0.2, 0.25) is 0 Å². The summed E-state index contributed by atoms with van der Waals surface area (Å²) in [5.41, 5.74) is 1.12. The van der Waals surface area contributed by atoms with Crippen LogP contribution in [0.2, 0.25) is 0 Å². The van der Waals surface area contributed by atoms with Gasteiger partial charge in [-0.1, -0.05) is 26.0 Å². The van der Waals surface area contributed by atoms with Crippen molar-refractivity contribution in [1.29, 1.82) is 0 Å². The van der Waals surface area contributed by atoms with Gasteiger partial charge in [-0.3, -0.25) is 0 Å². The van der Waals surface area contributed by atoms with Gasteiger partial charge in [-0.15, -0.1) is 0 Å². The first-order valence-corrected chi connectivity index (χ1v) is 5.15. The number of allylic oxidation sites excluding steroid dienone is 2. The maximum Gasteiger partial charge on any atom is 0.182 e. The Hall–Kier alpha value is -1.05. The van der Waals surface area contributed by atoms with Gasteiger partial charge in [-0.2, -0.15) is 0 Å². The Labute approximate surface area is 85.4 Å². The standard InChI is InChI=1S/C12H17NO/c1-8(2)10-5-6-12(4)11(7-10)13-9(3)14-12/h5-8,11H,1-4H3. The lowest BCUT2D eigenvalue weighted by Gasteiger charge is -2.28. The smallest absolute Gasteiger partial charge is 0.182 e. The van der Waals surface area contributed by atoms with Crippen LogP contribution in [0.4, 0.5) is 0 Å². The lowest BCUT2D eigenvalue weighted by atomic mass is 9.86. The van der Waals surface area contributed by atoms with E-state index in [1.165, 1.54) is 5.57 Å². The summed E-state index contributed by atoms with van der Waals surface area (Å²) in [6.07, 6.45) is 6.52. The second kappa shape index (κ2) is 2.97. The van der Waals surface area contributed by atoms with Gasteiger partial charge in [-0.05, 0) is 24.5 Å². The highest BCUT2D eigenvalue weighted by molar-refractivity contribution is 5.77. The molecule has 14 heavy (non-hydrogen) atoms. The SMILES string of the molecule is CC1=NC2C=C(C(C)C)C=CC2(C)O1. The molecular formula is C12H17NO. The van der Waals surface area contributed by atoms with Crippen LogP contribution in [0.15, 0.2) is 28.8 Å². The van der Waals surface area contributed by atoms with Crippen LogP contribution < -0.4 is 0 Å². The minimum atomic E-state index is -0.234. The summed E-state index contributed by atoms with van der Waals surface area (Å²) < 4.78 is 5.70. The molecule has 2 heteroatoms. The van der Waals surface area contributed by atoms with Crippen LogP contribution in [0, 0.1) is 5.92 Å². The third-order valence-electron chi connectivity index (χ3n) is 2.90. The summed E-state index contributed by atoms with van der Waals surface area (Å²) >= 11 is 0. The van der Waals surface area contributed by atoms with Crippen molar-refractivity contribution in [2.24, 2.45) is 10.9 Å². The summed E-state index contributed by atoms with van der Waals surface area (Å²) in [5, 5.41) is 0. The number of rotatable bonds is 1. The van der Waals surface area contributed by atoms with Crippen molar-refractivity contribution in [2.75, 3.05) is 0 Å². The second-order valence-electron chi connectivity index (χ2n) is 4.53. The van der Waals surface area contributed by atoms with E-state index in [0.717, 1.165) is 5.90 Å². The van der Waals surface area contributed by atoms with Gasteiger partial charge in [0.15, 0.2) is 11.5 Å². The zero-order chi connectivity index (χ0) is 10.3. The molecule has 1 aliphatic heterocycles. The van der Waals surface area contributed by atoms with E-state index in [4.69, 9.17) is 4.74 Å². The molecule has 0 saturated heterocycles. The maximum absolute atomic E-state index is 5.70. The summed E-state index contributed by atoms with van der Waals surface area (Å²) in [4.78, 5) is 4.48. The van der Waals surface area contributed by atoms with Gasteiger partial charge in [0, 0.05) is 6.92 Å². The van der Waals surface area contributed by atoms with Crippen LogP contribution in [0.25, 0.3) is 0 Å². The van der Waals surface area contributed by atoms with Crippen molar-refractivity contribution >= 4 is 5.90 Å². The summed E-state index contributed by atoms with van der Waals surface area (Å²) in [6.45, 7) is 8.40. The van der Waals surface area contributed by atoms with Crippen molar-refractivity contribution in [3.63, 3.8) is 0 Å². The molecule has 0 amide bonds. The van der Waals surface area contributed by atoms with Gasteiger partial charge in [-0.25, -0.2) is 4.99 Å². The normalized spacial score (nSPS) is 35.1. The fourth-order valence-electron chi connectivity index (χ4n) is 1.95. The molecule has 0 aromatic rings. The van der Waals surface area contributed by atoms with Gasteiger partial charge < -0.3 is 4.74 Å². The van der Waals surface area contributed by atoms with Crippen molar-refractivity contribution in [1.82, 2.24) is 0 Å². The molecule has 0 spiro atoms. The number of ether oxygens (including phenoxy) is 1. The lowest BCUT2D eigenvalue weighted by Crippen LogP contribution is -2.35. The molecule has 0 aromatic heterocycles. The largest absolute Gasteiger partial charge is 0.468 e.